The van der Waals surface area contributed by atoms with Crippen molar-refractivity contribution < 1.29 is 48.3 Å². The molecule has 180 valence electrons. The number of carbonyl (C=O) groups excluding carboxylic acids is 2. The number of rotatable bonds is 10. The third-order valence-corrected chi connectivity index (χ3v) is 4.85. The number of nitrogens with one attached hydrogen (secondary N) is 1. The van der Waals surface area contributed by atoms with Crippen LogP contribution in [0.5, 0.6) is 28.7 Å². The predicted octanol–water partition coefficient (Wildman–Crippen LogP) is 1.27. The van der Waals surface area contributed by atoms with Crippen LogP contribution in [0.15, 0.2) is 36.1 Å². The molecule has 1 heterocycles. The normalized spacial score (nSPS) is 14.1. The van der Waals surface area contributed by atoms with Gasteiger partial charge in [-0.25, -0.2) is 4.79 Å². The molecular weight excluding hydrogens is 450 g/mol. The van der Waals surface area contributed by atoms with Gasteiger partial charge in [-0.05, 0) is 30.3 Å². The van der Waals surface area contributed by atoms with Crippen LogP contribution in [0.25, 0.3) is 6.08 Å². The van der Waals surface area contributed by atoms with Gasteiger partial charge in [0.05, 0.1) is 33.5 Å². The average Bonchev–Trinajstić information content (AvgIpc) is 3.14. The highest BCUT2D eigenvalue weighted by Gasteiger charge is 2.29. The highest BCUT2D eigenvalue weighted by Crippen LogP contribution is 2.42. The summed E-state index contributed by atoms with van der Waals surface area (Å²) in [6.45, 7) is -1.25. The van der Waals surface area contributed by atoms with Crippen molar-refractivity contribution in [2.75, 3.05) is 34.5 Å². The zero-order valence-electron chi connectivity index (χ0n) is 18.6. The van der Waals surface area contributed by atoms with Crippen LogP contribution in [0.1, 0.15) is 15.9 Å². The lowest BCUT2D eigenvalue weighted by Gasteiger charge is -2.14. The number of allylic oxidation sites excluding steroid dienone is 1. The van der Waals surface area contributed by atoms with Crippen LogP contribution in [-0.2, 0) is 9.59 Å². The van der Waals surface area contributed by atoms with Gasteiger partial charge in [0.25, 0.3) is 5.91 Å². The first-order valence-electron chi connectivity index (χ1n) is 9.96. The molecule has 3 rings (SSSR count). The van der Waals surface area contributed by atoms with E-state index >= 15 is 0 Å². The molecule has 3 N–H and O–H groups in total. The van der Waals surface area contributed by atoms with Crippen LogP contribution in [0, 0.1) is 0 Å². The third-order valence-electron chi connectivity index (χ3n) is 4.85. The molecule has 1 aliphatic heterocycles. The summed E-state index contributed by atoms with van der Waals surface area (Å²) in [5.41, 5.74) is 0.829. The van der Waals surface area contributed by atoms with E-state index in [4.69, 9.17) is 33.9 Å². The molecule has 0 fully saturated rings. The Balaban J connectivity index is 1.76. The summed E-state index contributed by atoms with van der Waals surface area (Å²) >= 11 is 0. The SMILES string of the molecule is COc1ccc(/C=C2\Oc3cc(OCC(=O)N[C@@H](CO)C(=O)O)ccc3C2=O)c(OC)c1OC. The number of ether oxygens (including phenoxy) is 5. The maximum atomic E-state index is 12.8. The molecule has 0 saturated carbocycles. The number of carboxylic acid groups (broad SMARTS) is 1. The molecule has 0 aromatic heterocycles. The Morgan fingerprint density at radius 3 is 2.44 bits per heavy atom. The quantitative estimate of drug-likeness (QED) is 0.431. The predicted molar refractivity (Wildman–Crippen MR) is 118 cm³/mol. The molecule has 0 spiro atoms. The van der Waals surface area contributed by atoms with Crippen molar-refractivity contribution in [1.82, 2.24) is 5.32 Å². The number of aliphatic hydroxyl groups is 1. The minimum absolute atomic E-state index is 0.0441. The first kappa shape index (κ1) is 24.4. The van der Waals surface area contributed by atoms with Crippen molar-refractivity contribution in [3.63, 3.8) is 0 Å². The van der Waals surface area contributed by atoms with Gasteiger partial charge >= 0.3 is 5.97 Å². The maximum Gasteiger partial charge on any atom is 0.328 e. The minimum Gasteiger partial charge on any atom is -0.493 e. The number of amides is 1. The fraction of sp³-hybridized carbons (Fsp3) is 0.261. The molecule has 0 radical (unpaired) electrons. The first-order chi connectivity index (χ1) is 16.3. The summed E-state index contributed by atoms with van der Waals surface area (Å²) in [7, 11) is 4.43. The number of ketones is 1. The van der Waals surface area contributed by atoms with E-state index in [-0.39, 0.29) is 23.0 Å². The highest BCUT2D eigenvalue weighted by molar-refractivity contribution is 6.14. The number of hydrogen-bond donors (Lipinski definition) is 3. The van der Waals surface area contributed by atoms with Gasteiger partial charge in [-0.2, -0.15) is 0 Å². The highest BCUT2D eigenvalue weighted by atomic mass is 16.5. The van der Waals surface area contributed by atoms with Crippen LogP contribution in [0.3, 0.4) is 0 Å². The lowest BCUT2D eigenvalue weighted by molar-refractivity contribution is -0.143. The number of fused-ring (bicyclic) bond motifs is 1. The van der Waals surface area contributed by atoms with E-state index < -0.39 is 31.1 Å². The molecule has 1 atom stereocenters. The van der Waals surface area contributed by atoms with Gasteiger partial charge in [-0.1, -0.05) is 0 Å². The molecule has 2 aromatic carbocycles. The molecule has 1 amide bonds. The van der Waals surface area contributed by atoms with Crippen molar-refractivity contribution in [1.29, 1.82) is 0 Å². The van der Waals surface area contributed by atoms with Crippen LogP contribution in [-0.4, -0.2) is 68.5 Å². The fourth-order valence-electron chi connectivity index (χ4n) is 3.21. The van der Waals surface area contributed by atoms with Crippen molar-refractivity contribution >= 4 is 23.7 Å². The molecule has 0 bridgehead atoms. The smallest absolute Gasteiger partial charge is 0.328 e. The molecule has 11 heteroatoms. The maximum absolute atomic E-state index is 12.8. The van der Waals surface area contributed by atoms with E-state index in [0.717, 1.165) is 0 Å². The molecule has 34 heavy (non-hydrogen) atoms. The monoisotopic (exact) mass is 473 g/mol. The van der Waals surface area contributed by atoms with Crippen LogP contribution >= 0.6 is 0 Å². The second-order valence-corrected chi connectivity index (χ2v) is 6.95. The van der Waals surface area contributed by atoms with Crippen LogP contribution in [0.2, 0.25) is 0 Å². The number of methoxy groups -OCH3 is 3. The van der Waals surface area contributed by atoms with Crippen molar-refractivity contribution in [2.24, 2.45) is 0 Å². The van der Waals surface area contributed by atoms with Crippen molar-refractivity contribution in [3.05, 3.63) is 47.2 Å². The Kier molecular flexibility index (Phi) is 7.59. The zero-order chi connectivity index (χ0) is 24.8. The lowest BCUT2D eigenvalue weighted by Crippen LogP contribution is -2.45. The number of carboxylic acids is 1. The topological polar surface area (TPSA) is 150 Å². The van der Waals surface area contributed by atoms with Gasteiger partial charge in [0.1, 0.15) is 17.5 Å². The Labute approximate surface area is 194 Å². The Morgan fingerprint density at radius 1 is 1.09 bits per heavy atom. The molecule has 0 aliphatic carbocycles. The van der Waals surface area contributed by atoms with Gasteiger partial charge in [-0.15, -0.1) is 0 Å². The van der Waals surface area contributed by atoms with E-state index in [2.05, 4.69) is 5.32 Å². The van der Waals surface area contributed by atoms with E-state index in [9.17, 15) is 14.4 Å². The number of aliphatic carboxylic acids is 1. The number of benzene rings is 2. The first-order valence-corrected chi connectivity index (χ1v) is 9.96. The summed E-state index contributed by atoms with van der Waals surface area (Å²) in [6, 6.07) is 6.34. The third kappa shape index (κ3) is 5.04. The number of Topliss-reactive ketones (excluding diaryl/α,β-unsaturated/α-hetero) is 1. The van der Waals surface area contributed by atoms with Crippen LogP contribution < -0.4 is 29.0 Å². The molecule has 1 aliphatic rings. The number of hydrogen-bond acceptors (Lipinski definition) is 9. The Bertz CT molecular complexity index is 1140. The molecule has 2 aromatic rings. The van der Waals surface area contributed by atoms with Gasteiger partial charge < -0.3 is 39.2 Å². The van der Waals surface area contributed by atoms with Crippen LogP contribution in [0.4, 0.5) is 0 Å². The molecule has 11 nitrogen and oxygen atoms in total. The standard InChI is InChI=1S/C23H23NO10/c1-30-16-7-4-12(21(31-2)22(16)32-3)8-18-20(27)14-6-5-13(9-17(14)34-18)33-11-19(26)24-15(10-25)23(28)29/h4-9,15,25H,10-11H2,1-3H3,(H,24,26)(H,28,29)/b18-8-/t15-/m0/s1. The summed E-state index contributed by atoms with van der Waals surface area (Å²) < 4.78 is 27.1. The largest absolute Gasteiger partial charge is 0.493 e. The van der Waals surface area contributed by atoms with E-state index in [1.807, 2.05) is 0 Å². The van der Waals surface area contributed by atoms with Crippen molar-refractivity contribution in [3.8, 4) is 28.7 Å². The Morgan fingerprint density at radius 2 is 1.82 bits per heavy atom. The second kappa shape index (κ2) is 10.6. The molecule has 0 saturated heterocycles. The van der Waals surface area contributed by atoms with Gasteiger partial charge in [0.15, 0.2) is 23.9 Å². The summed E-state index contributed by atoms with van der Waals surface area (Å²) in [6.07, 6.45) is 1.51. The summed E-state index contributed by atoms with van der Waals surface area (Å²) in [4.78, 5) is 35.5. The molecule has 0 unspecified atom stereocenters. The van der Waals surface area contributed by atoms with E-state index in [1.54, 1.807) is 12.1 Å². The average molecular weight is 473 g/mol. The van der Waals surface area contributed by atoms with Crippen molar-refractivity contribution in [2.45, 2.75) is 6.04 Å². The molecular formula is C23H23NO10. The fourth-order valence-corrected chi connectivity index (χ4v) is 3.21. The lowest BCUT2D eigenvalue weighted by atomic mass is 10.1. The Hall–Kier alpha value is -4.25. The summed E-state index contributed by atoms with van der Waals surface area (Å²) in [5.74, 6) is -0.781. The van der Waals surface area contributed by atoms with E-state index in [0.29, 0.717) is 28.4 Å². The number of aliphatic hydroxyl groups excluding tert-OH is 1. The second-order valence-electron chi connectivity index (χ2n) is 6.95. The van der Waals surface area contributed by atoms with Gasteiger partial charge in [-0.3, -0.25) is 9.59 Å². The van der Waals surface area contributed by atoms with Gasteiger partial charge in [0, 0.05) is 11.6 Å². The zero-order valence-corrected chi connectivity index (χ0v) is 18.6. The minimum atomic E-state index is -1.43. The summed E-state index contributed by atoms with van der Waals surface area (Å²) in [5, 5.41) is 20.0. The van der Waals surface area contributed by atoms with Gasteiger partial charge in [0.2, 0.25) is 11.5 Å². The number of carbonyl (C=O) groups is 3. The van der Waals surface area contributed by atoms with E-state index in [1.165, 1.54) is 45.6 Å².